The van der Waals surface area contributed by atoms with E-state index in [9.17, 15) is 24.0 Å². The van der Waals surface area contributed by atoms with Crippen LogP contribution in [0.3, 0.4) is 0 Å². The number of rotatable bonds is 13. The summed E-state index contributed by atoms with van der Waals surface area (Å²) in [4.78, 5) is 74.3. The molecule has 0 aliphatic carbocycles. The molecule has 5 atom stereocenters. The molecule has 0 saturated carbocycles. The van der Waals surface area contributed by atoms with E-state index in [0.717, 1.165) is 42.1 Å². The van der Waals surface area contributed by atoms with Gasteiger partial charge in [0.25, 0.3) is 0 Å². The summed E-state index contributed by atoms with van der Waals surface area (Å²) in [6.07, 6.45) is 7.10. The fraction of sp³-hybridized carbons (Fsp3) is 0.618. The molecule has 2 aliphatic rings. The number of fused-ring (bicyclic) bond motifs is 2. The fourth-order valence-electron chi connectivity index (χ4n) is 6.39. The maximum atomic E-state index is 14.1. The molecule has 258 valence electrons. The first kappa shape index (κ1) is 35.7. The highest BCUT2D eigenvalue weighted by Crippen LogP contribution is 2.24. The topological polar surface area (TPSA) is 160 Å². The van der Waals surface area contributed by atoms with E-state index in [1.54, 1.807) is 22.9 Å². The zero-order chi connectivity index (χ0) is 33.9. The summed E-state index contributed by atoms with van der Waals surface area (Å²) in [6, 6.07) is 4.16. The molecule has 3 heterocycles. The second kappa shape index (κ2) is 17.1. The van der Waals surface area contributed by atoms with Crippen LogP contribution in [-0.2, 0) is 35.1 Å². The third-order valence-electron chi connectivity index (χ3n) is 9.36. The van der Waals surface area contributed by atoms with Crippen molar-refractivity contribution in [3.63, 3.8) is 0 Å². The van der Waals surface area contributed by atoms with Gasteiger partial charge in [0.1, 0.15) is 31.3 Å². The van der Waals surface area contributed by atoms with Crippen LogP contribution in [0.15, 0.2) is 30.5 Å². The Balaban J connectivity index is 1.60. The van der Waals surface area contributed by atoms with Gasteiger partial charge >= 0.3 is 5.97 Å². The lowest BCUT2D eigenvalue weighted by atomic mass is 9.93. The van der Waals surface area contributed by atoms with E-state index < -0.39 is 36.0 Å². The van der Waals surface area contributed by atoms with Crippen LogP contribution in [0, 0.1) is 5.92 Å². The summed E-state index contributed by atoms with van der Waals surface area (Å²) in [5, 5.41) is 12.8. The molecule has 1 aromatic carbocycles. The average Bonchev–Trinajstić information content (AvgIpc) is 3.45. The highest BCUT2D eigenvalue weighted by molar-refractivity contribution is 5.98. The van der Waals surface area contributed by atoms with Crippen molar-refractivity contribution in [2.75, 3.05) is 33.9 Å². The number of piperidine rings is 1. The van der Waals surface area contributed by atoms with Gasteiger partial charge in [-0.3, -0.25) is 24.0 Å². The number of aromatic nitrogens is 1. The van der Waals surface area contributed by atoms with Crippen LogP contribution in [0.5, 0.6) is 0 Å². The lowest BCUT2D eigenvalue weighted by Gasteiger charge is -2.39. The lowest BCUT2D eigenvalue weighted by Crippen LogP contribution is -2.64. The van der Waals surface area contributed by atoms with E-state index in [-0.39, 0.29) is 36.7 Å². The molecule has 4 rings (SSSR count). The molecule has 0 bridgehead atoms. The molecule has 1 unspecified atom stereocenters. The van der Waals surface area contributed by atoms with Crippen LogP contribution in [0.25, 0.3) is 10.9 Å². The molecular formula is C34H50N6O7. The van der Waals surface area contributed by atoms with Crippen molar-refractivity contribution in [1.82, 2.24) is 30.9 Å². The van der Waals surface area contributed by atoms with Crippen LogP contribution in [-0.4, -0.2) is 97.2 Å². The second-order valence-electron chi connectivity index (χ2n) is 12.5. The van der Waals surface area contributed by atoms with Crippen molar-refractivity contribution in [2.45, 2.75) is 95.8 Å². The average molecular weight is 655 g/mol. The number of benzene rings is 1. The number of ether oxygens (including phenoxy) is 1. The molecule has 0 radical (unpaired) electrons. The first-order valence-corrected chi connectivity index (χ1v) is 16.8. The van der Waals surface area contributed by atoms with Gasteiger partial charge in [0, 0.05) is 24.5 Å². The van der Waals surface area contributed by atoms with Crippen LogP contribution in [0.1, 0.15) is 70.8 Å². The van der Waals surface area contributed by atoms with Crippen LogP contribution in [0.2, 0.25) is 0 Å². The minimum absolute atomic E-state index is 0.124. The van der Waals surface area contributed by atoms with Crippen LogP contribution in [0.4, 0.5) is 0 Å². The predicted octanol–water partition coefficient (Wildman–Crippen LogP) is 1.46. The number of nitrogens with one attached hydrogen (secondary N) is 4. The number of carbonyl (C=O) groups excluding carboxylic acids is 5. The Morgan fingerprint density at radius 2 is 1.72 bits per heavy atom. The monoisotopic (exact) mass is 654 g/mol. The number of esters is 1. The molecule has 4 N–H and O–H groups in total. The molecule has 13 heteroatoms. The summed E-state index contributed by atoms with van der Waals surface area (Å²) in [5.74, 6) is -2.07. The fourth-order valence-corrected chi connectivity index (χ4v) is 6.39. The first-order valence-electron chi connectivity index (χ1n) is 16.8. The number of methoxy groups -OCH3 is 1. The van der Waals surface area contributed by atoms with Gasteiger partial charge in [0.05, 0.1) is 19.2 Å². The van der Waals surface area contributed by atoms with E-state index in [2.05, 4.69) is 26.0 Å². The zero-order valence-electron chi connectivity index (χ0n) is 28.0. The maximum absolute atomic E-state index is 14.1. The number of unbranched alkanes of at least 4 members (excludes halogenated alkanes) is 2. The Bertz CT molecular complexity index is 1410. The molecule has 2 fully saturated rings. The number of para-hydroxylation sites is 1. The van der Waals surface area contributed by atoms with Gasteiger partial charge in [-0.15, -0.1) is 0 Å². The summed E-state index contributed by atoms with van der Waals surface area (Å²) in [5.41, 5.74) is 1.61. The molecule has 2 aliphatic heterocycles. The first-order chi connectivity index (χ1) is 22.7. The number of nitrogens with zero attached hydrogens (tertiary/aromatic N) is 2. The zero-order valence-corrected chi connectivity index (χ0v) is 28.0. The van der Waals surface area contributed by atoms with Crippen molar-refractivity contribution in [1.29, 1.82) is 0 Å². The van der Waals surface area contributed by atoms with E-state index in [1.165, 1.54) is 7.11 Å². The minimum Gasteiger partial charge on any atom is -0.468 e. The third-order valence-corrected chi connectivity index (χ3v) is 9.36. The van der Waals surface area contributed by atoms with Crippen molar-refractivity contribution in [2.24, 2.45) is 5.92 Å². The van der Waals surface area contributed by atoms with Crippen LogP contribution < -0.4 is 26.1 Å². The Kier molecular flexibility index (Phi) is 13.0. The molecule has 47 heavy (non-hydrogen) atoms. The standard InChI is InChI=1S/C34H50N6O7/c1-5-22(2)30-34(45)39-18-12-10-16-28(39)33(44)36-25(14-7-6-11-17-35-20-29(41)46-3)31(42)37-26(32(43)38-30)19-23-21-40(47-4)27-15-9-8-13-24(23)27/h8-9,13,15,21-22,25-26,28,30,35H,5-7,10-12,14,16-20H2,1-4H3,(H,36,44)(H,37,42)(H,38,43)/t22?,25-,26-,28+,30-/m0/s1. The van der Waals surface area contributed by atoms with Crippen molar-refractivity contribution in [3.05, 3.63) is 36.0 Å². The Morgan fingerprint density at radius 1 is 0.979 bits per heavy atom. The van der Waals surface area contributed by atoms with E-state index in [0.29, 0.717) is 38.8 Å². The van der Waals surface area contributed by atoms with E-state index in [1.807, 2.05) is 38.1 Å². The number of hydrogen-bond donors (Lipinski definition) is 4. The quantitative estimate of drug-likeness (QED) is 0.187. The maximum Gasteiger partial charge on any atom is 0.319 e. The van der Waals surface area contributed by atoms with Crippen molar-refractivity contribution >= 4 is 40.5 Å². The highest BCUT2D eigenvalue weighted by Gasteiger charge is 2.40. The lowest BCUT2D eigenvalue weighted by molar-refractivity contribution is -0.147. The summed E-state index contributed by atoms with van der Waals surface area (Å²) >= 11 is 0. The van der Waals surface area contributed by atoms with Gasteiger partial charge in [0.2, 0.25) is 23.6 Å². The van der Waals surface area contributed by atoms with Gasteiger partial charge < -0.3 is 35.7 Å². The molecule has 4 amide bonds. The number of hydrogen-bond acceptors (Lipinski definition) is 8. The van der Waals surface area contributed by atoms with Gasteiger partial charge in [-0.05, 0) is 56.2 Å². The highest BCUT2D eigenvalue weighted by atomic mass is 16.6. The molecule has 13 nitrogen and oxygen atoms in total. The smallest absolute Gasteiger partial charge is 0.319 e. The van der Waals surface area contributed by atoms with Gasteiger partial charge in [-0.2, -0.15) is 4.73 Å². The molecular weight excluding hydrogens is 604 g/mol. The largest absolute Gasteiger partial charge is 0.468 e. The summed E-state index contributed by atoms with van der Waals surface area (Å²) in [6.45, 7) is 5.01. The number of carbonyl (C=O) groups is 5. The molecule has 0 spiro atoms. The SMILES string of the molecule is CCC(C)[C@@H]1NC(=O)[C@H](Cc2cn(OC)c3ccccc23)NC(=O)[C@H](CCCCCNCC(=O)OC)NC(=O)[C@H]2CCCCN2C1=O. The summed E-state index contributed by atoms with van der Waals surface area (Å²) in [7, 11) is 2.89. The molecule has 2 aromatic rings. The number of amides is 4. The van der Waals surface area contributed by atoms with Crippen molar-refractivity contribution in [3.8, 4) is 0 Å². The third kappa shape index (κ3) is 9.03. The van der Waals surface area contributed by atoms with Crippen molar-refractivity contribution < 1.29 is 33.5 Å². The Labute approximate surface area is 276 Å². The predicted molar refractivity (Wildman–Crippen MR) is 176 cm³/mol. The molecule has 2 saturated heterocycles. The normalized spacial score (nSPS) is 23.1. The molecule has 1 aromatic heterocycles. The van der Waals surface area contributed by atoms with Crippen LogP contribution >= 0.6 is 0 Å². The van der Waals surface area contributed by atoms with E-state index in [4.69, 9.17) is 4.84 Å². The Morgan fingerprint density at radius 3 is 2.47 bits per heavy atom. The second-order valence-corrected chi connectivity index (χ2v) is 12.5. The Hall–Kier alpha value is -4.13. The van der Waals surface area contributed by atoms with E-state index >= 15 is 0 Å². The van der Waals surface area contributed by atoms with Gasteiger partial charge in [0.15, 0.2) is 0 Å². The minimum atomic E-state index is -1.02. The van der Waals surface area contributed by atoms with Gasteiger partial charge in [-0.25, -0.2) is 0 Å². The van der Waals surface area contributed by atoms with Gasteiger partial charge in [-0.1, -0.05) is 51.3 Å². The summed E-state index contributed by atoms with van der Waals surface area (Å²) < 4.78 is 6.26.